The van der Waals surface area contributed by atoms with E-state index in [-0.39, 0.29) is 25.7 Å². The van der Waals surface area contributed by atoms with Crippen LogP contribution in [0.1, 0.15) is 311 Å². The van der Waals surface area contributed by atoms with Crippen LogP contribution in [0.2, 0.25) is 0 Å². The van der Waals surface area contributed by atoms with Crippen molar-refractivity contribution in [2.75, 3.05) is 39.6 Å². The lowest BCUT2D eigenvalue weighted by atomic mass is 9.99. The normalized spacial score (nSPS) is 15.0. The van der Waals surface area contributed by atoms with Gasteiger partial charge < -0.3 is 33.8 Å². The number of unbranched alkanes of at least 4 members (excludes halogenated alkanes) is 30. The predicted molar refractivity (Wildman–Crippen MR) is 326 cm³/mol. The Balaban J connectivity index is 5.19. The maximum absolute atomic E-state index is 13.0. The monoisotopic (exact) mass is 1210 g/mol. The number of carbonyl (C=O) groups excluding carboxylic acids is 4. The first-order valence-electron chi connectivity index (χ1n) is 33.1. The third-order valence-electron chi connectivity index (χ3n) is 15.2. The summed E-state index contributed by atoms with van der Waals surface area (Å²) < 4.78 is 67.8. The largest absolute Gasteiger partial charge is 0.472 e. The van der Waals surface area contributed by atoms with Gasteiger partial charge in [0.05, 0.1) is 26.4 Å². The Morgan fingerprint density at radius 3 is 0.866 bits per heavy atom. The molecule has 0 spiro atoms. The molecule has 0 saturated carbocycles. The molecule has 0 heterocycles. The molecule has 0 aromatic rings. The molecule has 0 aliphatic carbocycles. The summed E-state index contributed by atoms with van der Waals surface area (Å²) in [5, 5.41) is 10.5. The molecule has 0 bridgehead atoms. The molecule has 3 N–H and O–H groups in total. The zero-order valence-electron chi connectivity index (χ0n) is 52.8. The van der Waals surface area contributed by atoms with Crippen molar-refractivity contribution in [1.29, 1.82) is 0 Å². The van der Waals surface area contributed by atoms with E-state index in [0.29, 0.717) is 25.7 Å². The number of phosphoric ester groups is 2. The molecule has 0 saturated heterocycles. The van der Waals surface area contributed by atoms with Gasteiger partial charge in [0.2, 0.25) is 0 Å². The number of esters is 4. The van der Waals surface area contributed by atoms with Gasteiger partial charge in [-0.05, 0) is 37.5 Å². The molecule has 19 heteroatoms. The summed E-state index contributed by atoms with van der Waals surface area (Å²) in [5.41, 5.74) is 0. The summed E-state index contributed by atoms with van der Waals surface area (Å²) in [5.74, 6) is -0.534. The van der Waals surface area contributed by atoms with Crippen molar-refractivity contribution in [3.05, 3.63) is 0 Å². The van der Waals surface area contributed by atoms with Crippen LogP contribution in [-0.2, 0) is 65.4 Å². The SMILES string of the molecule is CCCCCCCCCCCC(=O)O[C@H](COC(=O)CCCCCCC)COP(=O)(O)OC[C@H](O)COP(=O)(O)OC[C@@H](COC(=O)CCCCCCCCCCCCC(C)CC)OC(=O)CCCCCCCCCCCCC(C)CC. The molecule has 0 aromatic heterocycles. The fraction of sp³-hybridized carbons (Fsp3) is 0.937. The number of ether oxygens (including phenoxy) is 4. The Kier molecular flexibility index (Phi) is 54.3. The number of phosphoric acid groups is 2. The number of hydrogen-bond acceptors (Lipinski definition) is 15. The summed E-state index contributed by atoms with van der Waals surface area (Å²) in [6.07, 6.45) is 37.8. The quantitative estimate of drug-likeness (QED) is 0.0222. The lowest BCUT2D eigenvalue weighted by Crippen LogP contribution is -2.30. The summed E-state index contributed by atoms with van der Waals surface area (Å²) in [7, 11) is -9.88. The summed E-state index contributed by atoms with van der Waals surface area (Å²) in [4.78, 5) is 71.9. The highest BCUT2D eigenvalue weighted by atomic mass is 31.2. The van der Waals surface area contributed by atoms with Gasteiger partial charge in [-0.1, -0.05) is 260 Å². The minimum Gasteiger partial charge on any atom is -0.462 e. The van der Waals surface area contributed by atoms with Crippen molar-refractivity contribution in [3.63, 3.8) is 0 Å². The van der Waals surface area contributed by atoms with Gasteiger partial charge >= 0.3 is 39.5 Å². The third kappa shape index (κ3) is 54.7. The number of hydrogen-bond donors (Lipinski definition) is 3. The Morgan fingerprint density at radius 2 is 0.585 bits per heavy atom. The maximum atomic E-state index is 13.0. The molecule has 0 amide bonds. The van der Waals surface area contributed by atoms with Crippen LogP contribution in [0.5, 0.6) is 0 Å². The van der Waals surface area contributed by atoms with E-state index in [1.165, 1.54) is 122 Å². The molecular formula is C63H122O17P2. The van der Waals surface area contributed by atoms with E-state index >= 15 is 0 Å². The van der Waals surface area contributed by atoms with Gasteiger partial charge in [0.15, 0.2) is 12.2 Å². The fourth-order valence-corrected chi connectivity index (χ4v) is 10.9. The molecule has 4 unspecified atom stereocenters. The number of carbonyl (C=O) groups is 4. The van der Waals surface area contributed by atoms with Crippen LogP contribution < -0.4 is 0 Å². The highest BCUT2D eigenvalue weighted by Gasteiger charge is 2.30. The topological polar surface area (TPSA) is 237 Å². The summed E-state index contributed by atoms with van der Waals surface area (Å²) in [6.45, 7) is 9.44. The van der Waals surface area contributed by atoms with Gasteiger partial charge in [0.1, 0.15) is 19.3 Å². The van der Waals surface area contributed by atoms with Crippen molar-refractivity contribution in [1.82, 2.24) is 0 Å². The number of aliphatic hydroxyl groups is 1. The first-order valence-corrected chi connectivity index (χ1v) is 36.1. The fourth-order valence-electron chi connectivity index (χ4n) is 9.29. The highest BCUT2D eigenvalue weighted by molar-refractivity contribution is 7.47. The molecule has 0 aromatic carbocycles. The van der Waals surface area contributed by atoms with Gasteiger partial charge in [0, 0.05) is 25.7 Å². The van der Waals surface area contributed by atoms with Crippen molar-refractivity contribution in [2.45, 2.75) is 330 Å². The van der Waals surface area contributed by atoms with Gasteiger partial charge in [0.25, 0.3) is 0 Å². The smallest absolute Gasteiger partial charge is 0.462 e. The highest BCUT2D eigenvalue weighted by Crippen LogP contribution is 2.45. The van der Waals surface area contributed by atoms with E-state index in [1.807, 2.05) is 0 Å². The summed E-state index contributed by atoms with van der Waals surface area (Å²) in [6, 6.07) is 0. The lowest BCUT2D eigenvalue weighted by Gasteiger charge is -2.21. The Labute approximate surface area is 498 Å². The molecule has 82 heavy (non-hydrogen) atoms. The van der Waals surface area contributed by atoms with Crippen LogP contribution in [0, 0.1) is 11.8 Å². The van der Waals surface area contributed by atoms with Gasteiger partial charge in [-0.3, -0.25) is 37.3 Å². The molecule has 0 aliphatic heterocycles. The van der Waals surface area contributed by atoms with E-state index in [1.54, 1.807) is 0 Å². The van der Waals surface area contributed by atoms with E-state index in [2.05, 4.69) is 41.5 Å². The first kappa shape index (κ1) is 80.1. The molecule has 17 nitrogen and oxygen atoms in total. The second-order valence-corrected chi connectivity index (χ2v) is 26.2. The second kappa shape index (κ2) is 55.6. The predicted octanol–water partition coefficient (Wildman–Crippen LogP) is 17.3. The minimum atomic E-state index is -4.94. The zero-order valence-corrected chi connectivity index (χ0v) is 54.6. The van der Waals surface area contributed by atoms with Crippen LogP contribution in [0.15, 0.2) is 0 Å². The van der Waals surface area contributed by atoms with E-state index in [0.717, 1.165) is 108 Å². The van der Waals surface area contributed by atoms with Gasteiger partial charge in [-0.15, -0.1) is 0 Å². The molecule has 486 valence electrons. The molecule has 7 atom stereocenters. The summed E-state index contributed by atoms with van der Waals surface area (Å²) >= 11 is 0. The molecular weight excluding hydrogens is 1090 g/mol. The van der Waals surface area contributed by atoms with Crippen LogP contribution in [-0.4, -0.2) is 96.7 Å². The molecule has 0 aliphatic rings. The first-order chi connectivity index (χ1) is 39.4. The molecule has 0 rings (SSSR count). The van der Waals surface area contributed by atoms with Gasteiger partial charge in [-0.2, -0.15) is 0 Å². The lowest BCUT2D eigenvalue weighted by molar-refractivity contribution is -0.161. The standard InChI is InChI=1S/C63H122O17P2/c1-7-11-13-15-16-21-29-35-41-47-62(67)79-58(51-73-60(65)45-39-31-14-12-8-2)53-77-81(69,70)75-49-57(64)50-76-82(71,72)78-54-59(80-63(68)48-42-36-30-25-20-18-23-27-33-38-44-56(6)10-4)52-74-61(66)46-40-34-28-24-19-17-22-26-32-37-43-55(5)9-3/h55-59,64H,7-54H2,1-6H3,(H,69,70)(H,71,72)/t55?,56?,57-,58+,59+/m0/s1. The third-order valence-corrected chi connectivity index (χ3v) is 17.1. The van der Waals surface area contributed by atoms with Crippen molar-refractivity contribution < 1.29 is 80.2 Å². The van der Waals surface area contributed by atoms with E-state index < -0.39 is 97.5 Å². The van der Waals surface area contributed by atoms with Crippen LogP contribution in [0.25, 0.3) is 0 Å². The number of aliphatic hydroxyl groups excluding tert-OH is 1. The van der Waals surface area contributed by atoms with Crippen molar-refractivity contribution >= 4 is 39.5 Å². The Hall–Kier alpha value is -1.94. The average Bonchev–Trinajstić information content (AvgIpc) is 3.48. The Morgan fingerprint density at radius 1 is 0.341 bits per heavy atom. The Bertz CT molecular complexity index is 1620. The average molecular weight is 1210 g/mol. The van der Waals surface area contributed by atoms with Gasteiger partial charge in [-0.25, -0.2) is 9.13 Å². The second-order valence-electron chi connectivity index (χ2n) is 23.3. The van der Waals surface area contributed by atoms with Crippen LogP contribution >= 0.6 is 15.6 Å². The van der Waals surface area contributed by atoms with Crippen LogP contribution in [0.4, 0.5) is 0 Å². The zero-order chi connectivity index (χ0) is 60.8. The maximum Gasteiger partial charge on any atom is 0.472 e. The van der Waals surface area contributed by atoms with E-state index in [9.17, 15) is 43.2 Å². The molecule has 0 fully saturated rings. The van der Waals surface area contributed by atoms with E-state index in [4.69, 9.17) is 37.0 Å². The minimum absolute atomic E-state index is 0.105. The number of rotatable bonds is 62. The van der Waals surface area contributed by atoms with Crippen molar-refractivity contribution in [2.24, 2.45) is 11.8 Å². The van der Waals surface area contributed by atoms with Crippen molar-refractivity contribution in [3.8, 4) is 0 Å². The molecule has 0 radical (unpaired) electrons. The van der Waals surface area contributed by atoms with Crippen LogP contribution in [0.3, 0.4) is 0 Å².